The lowest BCUT2D eigenvalue weighted by molar-refractivity contribution is -0.117. The Hall–Kier alpha value is -1.88. The second kappa shape index (κ2) is 5.84. The molecule has 19 heavy (non-hydrogen) atoms. The van der Waals surface area contributed by atoms with Gasteiger partial charge in [0.2, 0.25) is 11.8 Å². The Morgan fingerprint density at radius 2 is 1.95 bits per heavy atom. The van der Waals surface area contributed by atoms with Gasteiger partial charge in [-0.3, -0.25) is 9.59 Å². The Labute approximate surface area is 112 Å². The normalized spacial score (nSPS) is 15.7. The van der Waals surface area contributed by atoms with Crippen LogP contribution >= 0.6 is 0 Å². The number of rotatable bonds is 5. The molecule has 0 aliphatic heterocycles. The summed E-state index contributed by atoms with van der Waals surface area (Å²) in [7, 11) is 0. The minimum Gasteiger partial charge on any atom is -0.327 e. The Balaban J connectivity index is 1.94. The third-order valence-corrected chi connectivity index (χ3v) is 2.87. The summed E-state index contributed by atoms with van der Waals surface area (Å²) in [4.78, 5) is 23.2. The van der Waals surface area contributed by atoms with Gasteiger partial charge in [0.05, 0.1) is 0 Å². The lowest BCUT2D eigenvalue weighted by Gasteiger charge is -2.09. The minimum absolute atomic E-state index is 0.0547. The molecule has 102 valence electrons. The maximum Gasteiger partial charge on any atom is 0.227 e. The SMILES string of the molecule is CC(N)CC(=O)Nc1cccc(NC(=O)C2CC2)c1. The molecule has 1 aromatic carbocycles. The van der Waals surface area contributed by atoms with Crippen molar-refractivity contribution in [2.24, 2.45) is 11.7 Å². The first kappa shape index (κ1) is 13.5. The van der Waals surface area contributed by atoms with Gasteiger partial charge in [-0.25, -0.2) is 0 Å². The van der Waals surface area contributed by atoms with Crippen LogP contribution in [0.1, 0.15) is 26.2 Å². The molecule has 0 bridgehead atoms. The molecule has 4 N–H and O–H groups in total. The van der Waals surface area contributed by atoms with Crippen molar-refractivity contribution in [3.63, 3.8) is 0 Å². The van der Waals surface area contributed by atoms with Gasteiger partial charge < -0.3 is 16.4 Å². The highest BCUT2D eigenvalue weighted by Gasteiger charge is 2.29. The molecule has 1 saturated carbocycles. The summed E-state index contributed by atoms with van der Waals surface area (Å²) in [5.74, 6) is 0.0936. The zero-order valence-electron chi connectivity index (χ0n) is 11.0. The zero-order valence-corrected chi connectivity index (χ0v) is 11.0. The summed E-state index contributed by atoms with van der Waals surface area (Å²) in [6.07, 6.45) is 2.21. The number of carbonyl (C=O) groups excluding carboxylic acids is 2. The van der Waals surface area contributed by atoms with E-state index >= 15 is 0 Å². The van der Waals surface area contributed by atoms with Gasteiger partial charge in [0.1, 0.15) is 0 Å². The van der Waals surface area contributed by atoms with Gasteiger partial charge >= 0.3 is 0 Å². The summed E-state index contributed by atoms with van der Waals surface area (Å²) in [6, 6.07) is 6.97. The molecule has 0 saturated heterocycles. The van der Waals surface area contributed by atoms with Crippen molar-refractivity contribution < 1.29 is 9.59 Å². The van der Waals surface area contributed by atoms with Crippen LogP contribution in [0.25, 0.3) is 0 Å². The lowest BCUT2D eigenvalue weighted by Crippen LogP contribution is -2.24. The fraction of sp³-hybridized carbons (Fsp3) is 0.429. The molecule has 2 rings (SSSR count). The topological polar surface area (TPSA) is 84.2 Å². The number of hydrogen-bond acceptors (Lipinski definition) is 3. The molecule has 5 nitrogen and oxygen atoms in total. The standard InChI is InChI=1S/C14H19N3O2/c1-9(15)7-13(18)16-11-3-2-4-12(8-11)17-14(19)10-5-6-10/h2-4,8-10H,5-7,15H2,1H3,(H,16,18)(H,17,19). The number of hydrogen-bond donors (Lipinski definition) is 3. The Morgan fingerprint density at radius 1 is 1.32 bits per heavy atom. The second-order valence-corrected chi connectivity index (χ2v) is 5.07. The third-order valence-electron chi connectivity index (χ3n) is 2.87. The van der Waals surface area contributed by atoms with E-state index in [-0.39, 0.29) is 30.2 Å². The van der Waals surface area contributed by atoms with Crippen LogP contribution in [0.5, 0.6) is 0 Å². The Morgan fingerprint density at radius 3 is 2.53 bits per heavy atom. The van der Waals surface area contributed by atoms with Gasteiger partial charge in [-0.1, -0.05) is 6.07 Å². The maximum atomic E-state index is 11.6. The number of nitrogens with one attached hydrogen (secondary N) is 2. The summed E-state index contributed by atoms with van der Waals surface area (Å²) in [5, 5.41) is 5.60. The first-order valence-electron chi connectivity index (χ1n) is 6.51. The fourth-order valence-corrected chi connectivity index (χ4v) is 1.77. The van der Waals surface area contributed by atoms with Crippen molar-refractivity contribution in [1.29, 1.82) is 0 Å². The van der Waals surface area contributed by atoms with Crippen LogP contribution in [0, 0.1) is 5.92 Å². The molecule has 1 aromatic rings. The van der Waals surface area contributed by atoms with E-state index in [4.69, 9.17) is 5.73 Å². The van der Waals surface area contributed by atoms with E-state index in [1.165, 1.54) is 0 Å². The van der Waals surface area contributed by atoms with E-state index in [0.29, 0.717) is 11.4 Å². The molecule has 1 aliphatic rings. The van der Waals surface area contributed by atoms with Crippen molar-refractivity contribution in [2.45, 2.75) is 32.2 Å². The van der Waals surface area contributed by atoms with Crippen LogP contribution in [0.4, 0.5) is 11.4 Å². The average Bonchev–Trinajstić information content (AvgIpc) is 3.11. The largest absolute Gasteiger partial charge is 0.327 e. The predicted molar refractivity (Wildman–Crippen MR) is 74.7 cm³/mol. The molecule has 2 amide bonds. The molecule has 1 atom stereocenters. The molecule has 5 heteroatoms. The van der Waals surface area contributed by atoms with Crippen molar-refractivity contribution in [3.05, 3.63) is 24.3 Å². The molecule has 1 fully saturated rings. The van der Waals surface area contributed by atoms with Crippen LogP contribution in [0.3, 0.4) is 0 Å². The quantitative estimate of drug-likeness (QED) is 0.754. The molecule has 0 radical (unpaired) electrons. The van der Waals surface area contributed by atoms with Gasteiger partial charge in [-0.15, -0.1) is 0 Å². The monoisotopic (exact) mass is 261 g/mol. The van der Waals surface area contributed by atoms with Gasteiger partial charge in [0.25, 0.3) is 0 Å². The van der Waals surface area contributed by atoms with E-state index < -0.39 is 0 Å². The molecular weight excluding hydrogens is 242 g/mol. The molecule has 0 spiro atoms. The van der Waals surface area contributed by atoms with Crippen molar-refractivity contribution in [3.8, 4) is 0 Å². The van der Waals surface area contributed by atoms with Crippen LogP contribution in [-0.4, -0.2) is 17.9 Å². The molecule has 0 heterocycles. The van der Waals surface area contributed by atoms with Crippen molar-refractivity contribution >= 4 is 23.2 Å². The Bertz CT molecular complexity index is 481. The predicted octanol–water partition coefficient (Wildman–Crippen LogP) is 1.71. The molecular formula is C14H19N3O2. The number of benzene rings is 1. The summed E-state index contributed by atoms with van der Waals surface area (Å²) < 4.78 is 0. The fourth-order valence-electron chi connectivity index (χ4n) is 1.77. The molecule has 0 aromatic heterocycles. The van der Waals surface area contributed by atoms with Gasteiger partial charge in [0.15, 0.2) is 0 Å². The summed E-state index contributed by atoms with van der Waals surface area (Å²) >= 11 is 0. The van der Waals surface area contributed by atoms with E-state index in [2.05, 4.69) is 10.6 Å². The van der Waals surface area contributed by atoms with Crippen LogP contribution in [0.2, 0.25) is 0 Å². The highest BCUT2D eigenvalue weighted by atomic mass is 16.2. The highest BCUT2D eigenvalue weighted by molar-refractivity contribution is 5.96. The summed E-state index contributed by atoms with van der Waals surface area (Å²) in [5.41, 5.74) is 6.94. The highest BCUT2D eigenvalue weighted by Crippen LogP contribution is 2.30. The summed E-state index contributed by atoms with van der Waals surface area (Å²) in [6.45, 7) is 1.78. The van der Waals surface area contributed by atoms with E-state index in [1.807, 2.05) is 6.07 Å². The van der Waals surface area contributed by atoms with Gasteiger partial charge in [-0.2, -0.15) is 0 Å². The molecule has 1 aliphatic carbocycles. The van der Waals surface area contributed by atoms with Gasteiger partial charge in [-0.05, 0) is 38.0 Å². The number of carbonyl (C=O) groups is 2. The molecule has 1 unspecified atom stereocenters. The first-order valence-corrected chi connectivity index (χ1v) is 6.51. The average molecular weight is 261 g/mol. The minimum atomic E-state index is -0.169. The van der Waals surface area contributed by atoms with Crippen molar-refractivity contribution in [1.82, 2.24) is 0 Å². The number of anilines is 2. The Kier molecular flexibility index (Phi) is 4.16. The second-order valence-electron chi connectivity index (χ2n) is 5.07. The maximum absolute atomic E-state index is 11.6. The van der Waals surface area contributed by atoms with E-state index in [0.717, 1.165) is 12.8 Å². The van der Waals surface area contributed by atoms with Crippen LogP contribution in [-0.2, 0) is 9.59 Å². The number of amides is 2. The smallest absolute Gasteiger partial charge is 0.227 e. The first-order chi connectivity index (χ1) is 9.04. The third kappa shape index (κ3) is 4.37. The van der Waals surface area contributed by atoms with E-state index in [1.54, 1.807) is 25.1 Å². The number of nitrogens with two attached hydrogens (primary N) is 1. The van der Waals surface area contributed by atoms with E-state index in [9.17, 15) is 9.59 Å². The zero-order chi connectivity index (χ0) is 13.8. The lowest BCUT2D eigenvalue weighted by atomic mass is 10.2. The van der Waals surface area contributed by atoms with Crippen molar-refractivity contribution in [2.75, 3.05) is 10.6 Å². The van der Waals surface area contributed by atoms with Crippen LogP contribution in [0.15, 0.2) is 24.3 Å². The van der Waals surface area contributed by atoms with Crippen LogP contribution < -0.4 is 16.4 Å². The van der Waals surface area contributed by atoms with Gasteiger partial charge in [0, 0.05) is 29.8 Å².